The van der Waals surface area contributed by atoms with Gasteiger partial charge in [0, 0.05) is 12.1 Å². The van der Waals surface area contributed by atoms with E-state index in [4.69, 9.17) is 0 Å². The van der Waals surface area contributed by atoms with E-state index in [2.05, 4.69) is 24.1 Å². The second-order valence-corrected chi connectivity index (χ2v) is 5.70. The van der Waals surface area contributed by atoms with Crippen molar-refractivity contribution in [3.8, 4) is 0 Å². The Labute approximate surface area is 113 Å². The second kappa shape index (κ2) is 5.55. The van der Waals surface area contributed by atoms with Gasteiger partial charge in [-0.15, -0.1) is 0 Å². The van der Waals surface area contributed by atoms with Crippen molar-refractivity contribution in [3.63, 3.8) is 0 Å². The molecule has 0 aromatic carbocycles. The lowest BCUT2D eigenvalue weighted by Gasteiger charge is -2.33. The Morgan fingerprint density at radius 3 is 2.68 bits per heavy atom. The molecule has 1 aromatic heterocycles. The first-order valence-electron chi connectivity index (χ1n) is 6.86. The number of nitrogens with zero attached hydrogens (tertiary/aromatic N) is 2. The van der Waals surface area contributed by atoms with Gasteiger partial charge in [-0.2, -0.15) is 0 Å². The summed E-state index contributed by atoms with van der Waals surface area (Å²) >= 11 is 0. The topological polar surface area (TPSA) is 68.1 Å². The highest BCUT2D eigenvalue weighted by molar-refractivity contribution is 5.45. The average molecular weight is 263 g/mol. The van der Waals surface area contributed by atoms with Crippen molar-refractivity contribution >= 4 is 11.5 Å². The maximum absolute atomic E-state index is 10.8. The number of nitro groups is 1. The fourth-order valence-corrected chi connectivity index (χ4v) is 2.90. The molecule has 0 aliphatic heterocycles. The summed E-state index contributed by atoms with van der Waals surface area (Å²) in [6.07, 6.45) is 3.59. The van der Waals surface area contributed by atoms with E-state index in [1.807, 2.05) is 0 Å². The third kappa shape index (κ3) is 3.22. The van der Waals surface area contributed by atoms with E-state index in [9.17, 15) is 10.1 Å². The predicted molar refractivity (Wildman–Crippen MR) is 75.2 cm³/mol. The molecule has 1 aliphatic carbocycles. The second-order valence-electron chi connectivity index (χ2n) is 5.70. The SMILES string of the molecule is Cc1nc(NC2CCC(C)CC2C)ccc1[N+](=O)[O-]. The van der Waals surface area contributed by atoms with E-state index >= 15 is 0 Å². The lowest BCUT2D eigenvalue weighted by Crippen LogP contribution is -2.33. The first-order valence-corrected chi connectivity index (χ1v) is 6.86. The number of hydrogen-bond donors (Lipinski definition) is 1. The van der Waals surface area contributed by atoms with Gasteiger partial charge >= 0.3 is 0 Å². The highest BCUT2D eigenvalue weighted by atomic mass is 16.6. The predicted octanol–water partition coefficient (Wildman–Crippen LogP) is 3.53. The molecule has 5 heteroatoms. The summed E-state index contributed by atoms with van der Waals surface area (Å²) in [6, 6.07) is 3.65. The maximum Gasteiger partial charge on any atom is 0.290 e. The summed E-state index contributed by atoms with van der Waals surface area (Å²) in [5, 5.41) is 14.2. The van der Waals surface area contributed by atoms with Crippen LogP contribution in [0.1, 0.15) is 38.8 Å². The van der Waals surface area contributed by atoms with Gasteiger partial charge in [0.05, 0.1) is 4.92 Å². The van der Waals surface area contributed by atoms with Gasteiger partial charge in [-0.05, 0) is 44.1 Å². The van der Waals surface area contributed by atoms with Crippen LogP contribution in [0.4, 0.5) is 11.5 Å². The molecule has 1 N–H and O–H groups in total. The molecule has 5 nitrogen and oxygen atoms in total. The number of pyridine rings is 1. The molecule has 2 rings (SSSR count). The fourth-order valence-electron chi connectivity index (χ4n) is 2.90. The summed E-state index contributed by atoms with van der Waals surface area (Å²) in [5.41, 5.74) is 0.544. The molecule has 1 fully saturated rings. The van der Waals surface area contributed by atoms with Crippen LogP contribution in [-0.4, -0.2) is 15.9 Å². The summed E-state index contributed by atoms with van der Waals surface area (Å²) in [4.78, 5) is 14.7. The maximum atomic E-state index is 10.8. The molecule has 3 atom stereocenters. The molecule has 0 saturated heterocycles. The largest absolute Gasteiger partial charge is 0.367 e. The minimum atomic E-state index is -0.392. The molecular formula is C14H21N3O2. The van der Waals surface area contributed by atoms with Crippen molar-refractivity contribution in [1.82, 2.24) is 4.98 Å². The zero-order chi connectivity index (χ0) is 14.0. The van der Waals surface area contributed by atoms with E-state index < -0.39 is 4.92 Å². The number of rotatable bonds is 3. The zero-order valence-corrected chi connectivity index (χ0v) is 11.7. The van der Waals surface area contributed by atoms with Gasteiger partial charge in [-0.1, -0.05) is 13.8 Å². The third-order valence-electron chi connectivity index (χ3n) is 4.02. The van der Waals surface area contributed by atoms with E-state index in [-0.39, 0.29) is 5.69 Å². The van der Waals surface area contributed by atoms with Gasteiger partial charge in [-0.3, -0.25) is 10.1 Å². The van der Waals surface area contributed by atoms with Crippen molar-refractivity contribution < 1.29 is 4.92 Å². The van der Waals surface area contributed by atoms with Crippen LogP contribution in [0.2, 0.25) is 0 Å². The molecule has 3 unspecified atom stereocenters. The van der Waals surface area contributed by atoms with Crippen LogP contribution in [0.15, 0.2) is 12.1 Å². The Kier molecular flexibility index (Phi) is 4.02. The summed E-state index contributed by atoms with van der Waals surface area (Å²) < 4.78 is 0. The highest BCUT2D eigenvalue weighted by Gasteiger charge is 2.25. The van der Waals surface area contributed by atoms with Gasteiger partial charge in [-0.25, -0.2) is 4.98 Å². The first kappa shape index (κ1) is 13.8. The van der Waals surface area contributed by atoms with Gasteiger partial charge in [0.2, 0.25) is 0 Å². The summed E-state index contributed by atoms with van der Waals surface area (Å²) in [7, 11) is 0. The molecule has 19 heavy (non-hydrogen) atoms. The average Bonchev–Trinajstić information content (AvgIpc) is 2.32. The Balaban J connectivity index is 2.07. The van der Waals surface area contributed by atoms with Crippen LogP contribution in [0, 0.1) is 28.9 Å². The molecule has 1 aliphatic rings. The van der Waals surface area contributed by atoms with Crippen molar-refractivity contribution in [3.05, 3.63) is 27.9 Å². The molecule has 104 valence electrons. The van der Waals surface area contributed by atoms with Gasteiger partial charge in [0.1, 0.15) is 11.5 Å². The van der Waals surface area contributed by atoms with Gasteiger partial charge in [0.25, 0.3) is 5.69 Å². The molecular weight excluding hydrogens is 242 g/mol. The Hall–Kier alpha value is -1.65. The Morgan fingerprint density at radius 1 is 1.37 bits per heavy atom. The fraction of sp³-hybridized carbons (Fsp3) is 0.643. The minimum absolute atomic E-state index is 0.0795. The monoisotopic (exact) mass is 263 g/mol. The van der Waals surface area contributed by atoms with Crippen LogP contribution in [0.5, 0.6) is 0 Å². The molecule has 1 heterocycles. The van der Waals surface area contributed by atoms with Crippen LogP contribution in [0.25, 0.3) is 0 Å². The number of aromatic nitrogens is 1. The molecule has 0 spiro atoms. The third-order valence-corrected chi connectivity index (χ3v) is 4.02. The summed E-state index contributed by atoms with van der Waals surface area (Å²) in [5.74, 6) is 2.15. The quantitative estimate of drug-likeness (QED) is 0.669. The molecule has 1 aromatic rings. The normalized spacial score (nSPS) is 27.0. The van der Waals surface area contributed by atoms with Crippen molar-refractivity contribution in [2.24, 2.45) is 11.8 Å². The molecule has 0 bridgehead atoms. The summed E-state index contributed by atoms with van der Waals surface area (Å²) in [6.45, 7) is 6.22. The van der Waals surface area contributed by atoms with Crippen LogP contribution in [-0.2, 0) is 0 Å². The van der Waals surface area contributed by atoms with E-state index in [0.717, 1.165) is 18.2 Å². The molecule has 0 amide bonds. The zero-order valence-electron chi connectivity index (χ0n) is 11.7. The Bertz CT molecular complexity index is 476. The van der Waals surface area contributed by atoms with E-state index in [1.54, 1.807) is 13.0 Å². The molecule has 0 radical (unpaired) electrons. The van der Waals surface area contributed by atoms with E-state index in [0.29, 0.717) is 17.7 Å². The van der Waals surface area contributed by atoms with Crippen LogP contribution in [0.3, 0.4) is 0 Å². The number of aryl methyl sites for hydroxylation is 1. The smallest absolute Gasteiger partial charge is 0.290 e. The Morgan fingerprint density at radius 2 is 2.11 bits per heavy atom. The van der Waals surface area contributed by atoms with E-state index in [1.165, 1.54) is 18.9 Å². The van der Waals surface area contributed by atoms with Crippen molar-refractivity contribution in [2.45, 2.75) is 46.1 Å². The van der Waals surface area contributed by atoms with Gasteiger partial charge in [0.15, 0.2) is 0 Å². The number of nitrogens with one attached hydrogen (secondary N) is 1. The standard InChI is InChI=1S/C14H21N3O2/c1-9-4-5-12(10(2)8-9)16-14-7-6-13(17(18)19)11(3)15-14/h6-7,9-10,12H,4-5,8H2,1-3H3,(H,15,16). The lowest BCUT2D eigenvalue weighted by molar-refractivity contribution is -0.385. The number of anilines is 1. The van der Waals surface area contributed by atoms with Crippen LogP contribution >= 0.6 is 0 Å². The van der Waals surface area contributed by atoms with Gasteiger partial charge < -0.3 is 5.32 Å². The van der Waals surface area contributed by atoms with Crippen LogP contribution < -0.4 is 5.32 Å². The van der Waals surface area contributed by atoms with Crippen molar-refractivity contribution in [2.75, 3.05) is 5.32 Å². The highest BCUT2D eigenvalue weighted by Crippen LogP contribution is 2.30. The molecule has 1 saturated carbocycles. The lowest BCUT2D eigenvalue weighted by atomic mass is 9.80. The number of hydrogen-bond acceptors (Lipinski definition) is 4. The first-order chi connectivity index (χ1) is 8.97. The van der Waals surface area contributed by atoms with Crippen molar-refractivity contribution in [1.29, 1.82) is 0 Å². The minimum Gasteiger partial charge on any atom is -0.367 e.